The van der Waals surface area contributed by atoms with Crippen LogP contribution in [0.1, 0.15) is 51.1 Å². The molecule has 0 unspecified atom stereocenters. The van der Waals surface area contributed by atoms with E-state index in [1.54, 1.807) is 30.3 Å². The maximum atomic E-state index is 13.2. The van der Waals surface area contributed by atoms with E-state index in [9.17, 15) is 14.4 Å². The molecule has 44 heavy (non-hydrogen) atoms. The Morgan fingerprint density at radius 1 is 0.818 bits per heavy atom. The maximum absolute atomic E-state index is 13.2. The molecular formula is C37H38N2O5. The van der Waals surface area contributed by atoms with Gasteiger partial charge in [0.1, 0.15) is 11.8 Å². The Bertz CT molecular complexity index is 1540. The van der Waals surface area contributed by atoms with Crippen molar-refractivity contribution < 1.29 is 23.9 Å². The van der Waals surface area contributed by atoms with E-state index in [1.807, 2.05) is 83.8 Å². The molecule has 226 valence electrons. The smallest absolute Gasteiger partial charge is 0.328 e. The molecule has 1 aliphatic rings. The van der Waals surface area contributed by atoms with Crippen LogP contribution in [0.25, 0.3) is 0 Å². The molecule has 7 nitrogen and oxygen atoms in total. The predicted molar refractivity (Wildman–Crippen MR) is 171 cm³/mol. The highest BCUT2D eigenvalue weighted by molar-refractivity contribution is 6.12. The number of ketones is 1. The Morgan fingerprint density at radius 3 is 2.11 bits per heavy atom. The number of hydrogen-bond acceptors (Lipinski definition) is 6. The first-order valence-electron chi connectivity index (χ1n) is 15.1. The number of carbonyl (C=O) groups excluding carboxylic acids is 3. The molecule has 4 aromatic rings. The van der Waals surface area contributed by atoms with Crippen molar-refractivity contribution in [2.45, 2.75) is 31.7 Å². The second kappa shape index (κ2) is 15.0. The minimum absolute atomic E-state index is 0.0719. The minimum atomic E-state index is -0.698. The van der Waals surface area contributed by atoms with Crippen LogP contribution in [0.15, 0.2) is 109 Å². The summed E-state index contributed by atoms with van der Waals surface area (Å²) in [6, 6.07) is 32.6. The van der Waals surface area contributed by atoms with Crippen molar-refractivity contribution in [3.63, 3.8) is 0 Å². The van der Waals surface area contributed by atoms with Gasteiger partial charge in [0.25, 0.3) is 5.91 Å². The molecule has 0 radical (unpaired) electrons. The lowest BCUT2D eigenvalue weighted by atomic mass is 10.00. The van der Waals surface area contributed by atoms with Gasteiger partial charge in [-0.2, -0.15) is 0 Å². The number of benzene rings is 4. The maximum Gasteiger partial charge on any atom is 0.328 e. The van der Waals surface area contributed by atoms with Crippen molar-refractivity contribution in [2.24, 2.45) is 5.92 Å². The molecule has 1 atom stereocenters. The van der Waals surface area contributed by atoms with Crippen molar-refractivity contribution in [2.75, 3.05) is 32.1 Å². The van der Waals surface area contributed by atoms with Crippen molar-refractivity contribution in [3.05, 3.63) is 131 Å². The number of amides is 1. The minimum Gasteiger partial charge on any atom is -0.494 e. The second-order valence-corrected chi connectivity index (χ2v) is 11.1. The average Bonchev–Trinajstić information content (AvgIpc) is 3.91. The van der Waals surface area contributed by atoms with Gasteiger partial charge in [0.05, 0.1) is 13.7 Å². The molecule has 4 aromatic carbocycles. The van der Waals surface area contributed by atoms with Gasteiger partial charge in [-0.05, 0) is 67.1 Å². The van der Waals surface area contributed by atoms with E-state index in [-0.39, 0.29) is 11.7 Å². The third-order valence-electron chi connectivity index (χ3n) is 7.71. The van der Waals surface area contributed by atoms with Crippen LogP contribution in [-0.2, 0) is 16.0 Å². The summed E-state index contributed by atoms with van der Waals surface area (Å²) in [6.07, 6.45) is 3.46. The third-order valence-corrected chi connectivity index (χ3v) is 7.71. The highest BCUT2D eigenvalue weighted by Crippen LogP contribution is 2.30. The van der Waals surface area contributed by atoms with E-state index in [1.165, 1.54) is 20.0 Å². The summed E-state index contributed by atoms with van der Waals surface area (Å²) in [5.74, 6) is 0.852. The number of nitrogens with zero attached hydrogens (tertiary/aromatic N) is 1. The van der Waals surface area contributed by atoms with Gasteiger partial charge in [-0.15, -0.1) is 0 Å². The summed E-state index contributed by atoms with van der Waals surface area (Å²) in [6.45, 7) is 1.92. The number of carbonyl (C=O) groups is 3. The van der Waals surface area contributed by atoms with E-state index in [2.05, 4.69) is 5.32 Å². The topological polar surface area (TPSA) is 84.9 Å². The number of rotatable bonds is 15. The van der Waals surface area contributed by atoms with Crippen LogP contribution in [0.3, 0.4) is 0 Å². The number of hydrogen-bond donors (Lipinski definition) is 1. The van der Waals surface area contributed by atoms with Crippen LogP contribution in [-0.4, -0.2) is 55.4 Å². The molecule has 0 saturated heterocycles. The average molecular weight is 591 g/mol. The monoisotopic (exact) mass is 590 g/mol. The summed E-state index contributed by atoms with van der Waals surface area (Å²) in [5.41, 5.74) is 3.26. The Labute approximate surface area is 258 Å². The molecule has 1 saturated carbocycles. The number of nitrogens with one attached hydrogen (secondary N) is 1. The quantitative estimate of drug-likeness (QED) is 0.0975. The Hall–Kier alpha value is -4.91. The first-order chi connectivity index (χ1) is 21.5. The highest BCUT2D eigenvalue weighted by atomic mass is 16.5. The number of ether oxygens (including phenoxy) is 2. The van der Waals surface area contributed by atoms with Gasteiger partial charge >= 0.3 is 5.97 Å². The molecule has 7 heteroatoms. The number of esters is 1. The lowest BCUT2D eigenvalue weighted by molar-refractivity contribution is -0.141. The molecule has 1 amide bonds. The largest absolute Gasteiger partial charge is 0.494 e. The van der Waals surface area contributed by atoms with E-state index >= 15 is 0 Å². The summed E-state index contributed by atoms with van der Waals surface area (Å²) < 4.78 is 11.1. The van der Waals surface area contributed by atoms with E-state index in [0.29, 0.717) is 42.3 Å². The summed E-state index contributed by atoms with van der Waals surface area (Å²) >= 11 is 0. The van der Waals surface area contributed by atoms with Gasteiger partial charge in [-0.25, -0.2) is 4.79 Å². The van der Waals surface area contributed by atoms with Gasteiger partial charge in [0.15, 0.2) is 5.78 Å². The fourth-order valence-corrected chi connectivity index (χ4v) is 5.13. The molecule has 5 rings (SSSR count). The summed E-state index contributed by atoms with van der Waals surface area (Å²) in [5, 5.41) is 3.24. The van der Waals surface area contributed by atoms with Crippen molar-refractivity contribution in [3.8, 4) is 5.75 Å². The molecule has 0 heterocycles. The van der Waals surface area contributed by atoms with E-state index in [0.717, 1.165) is 29.8 Å². The van der Waals surface area contributed by atoms with E-state index in [4.69, 9.17) is 9.47 Å². The Balaban J connectivity index is 1.16. The van der Waals surface area contributed by atoms with Gasteiger partial charge < -0.3 is 19.7 Å². The Morgan fingerprint density at radius 2 is 1.45 bits per heavy atom. The predicted octanol–water partition coefficient (Wildman–Crippen LogP) is 6.44. The second-order valence-electron chi connectivity index (χ2n) is 11.1. The fourth-order valence-electron chi connectivity index (χ4n) is 5.13. The van der Waals surface area contributed by atoms with Crippen molar-refractivity contribution in [1.29, 1.82) is 0 Å². The number of anilines is 1. The normalized spacial score (nSPS) is 13.0. The molecule has 0 aromatic heterocycles. The van der Waals surface area contributed by atoms with Crippen LogP contribution in [0.4, 0.5) is 5.69 Å². The molecule has 1 aliphatic carbocycles. The molecule has 0 aliphatic heterocycles. The molecule has 0 bridgehead atoms. The zero-order valence-electron chi connectivity index (χ0n) is 25.0. The van der Waals surface area contributed by atoms with Crippen molar-refractivity contribution in [1.82, 2.24) is 4.90 Å². The van der Waals surface area contributed by atoms with Crippen LogP contribution in [0, 0.1) is 5.92 Å². The van der Waals surface area contributed by atoms with Crippen LogP contribution < -0.4 is 10.1 Å². The van der Waals surface area contributed by atoms with Crippen molar-refractivity contribution >= 4 is 23.3 Å². The molecule has 1 fully saturated rings. The van der Waals surface area contributed by atoms with Gasteiger partial charge in [-0.3, -0.25) is 9.59 Å². The van der Waals surface area contributed by atoms with Crippen LogP contribution >= 0.6 is 0 Å². The van der Waals surface area contributed by atoms with Crippen LogP contribution in [0.5, 0.6) is 5.75 Å². The SMILES string of the molecule is COC(=O)[C@H](Cc1ccc(OCCCN(CC2CC2)C(=O)c2ccccc2)cc1)Nc1ccccc1C(=O)c1ccccc1. The summed E-state index contributed by atoms with van der Waals surface area (Å²) in [7, 11) is 1.36. The fraction of sp³-hybridized carbons (Fsp3) is 0.270. The van der Waals surface area contributed by atoms with Gasteiger partial charge in [0.2, 0.25) is 0 Å². The lowest BCUT2D eigenvalue weighted by Gasteiger charge is -2.23. The zero-order chi connectivity index (χ0) is 30.7. The molecular weight excluding hydrogens is 552 g/mol. The van der Waals surface area contributed by atoms with Crippen LogP contribution in [0.2, 0.25) is 0 Å². The molecule has 1 N–H and O–H groups in total. The summed E-state index contributed by atoms with van der Waals surface area (Å²) in [4.78, 5) is 40.9. The zero-order valence-corrected chi connectivity index (χ0v) is 25.0. The third kappa shape index (κ3) is 8.34. The standard InChI is InChI=1S/C37H38N2O5/c1-43-37(42)34(38-33-16-9-8-15-32(33)35(40)29-11-4-2-5-12-29)25-27-19-21-31(22-20-27)44-24-10-23-39(26-28-17-18-28)36(41)30-13-6-3-7-14-30/h2-9,11-16,19-22,28,34,38H,10,17-18,23-26H2,1H3/t34-/m0/s1. The first kappa shape index (κ1) is 30.5. The van der Waals surface area contributed by atoms with Gasteiger partial charge in [0, 0.05) is 41.9 Å². The molecule has 0 spiro atoms. The van der Waals surface area contributed by atoms with E-state index < -0.39 is 12.0 Å². The highest BCUT2D eigenvalue weighted by Gasteiger charge is 2.27. The Kier molecular flexibility index (Phi) is 10.4. The number of methoxy groups -OCH3 is 1. The number of para-hydroxylation sites is 1. The van der Waals surface area contributed by atoms with Gasteiger partial charge in [-0.1, -0.05) is 72.8 Å². The lowest BCUT2D eigenvalue weighted by Crippen LogP contribution is -2.34. The first-order valence-corrected chi connectivity index (χ1v) is 15.1.